The number of pyridine rings is 1. The van der Waals surface area contributed by atoms with Crippen LogP contribution in [0, 0.1) is 0 Å². The van der Waals surface area contributed by atoms with Crippen molar-refractivity contribution in [2.24, 2.45) is 0 Å². The first-order chi connectivity index (χ1) is 8.92. The number of rotatable bonds is 2. The molecule has 0 fully saturated rings. The molecule has 1 rings (SSSR count). The number of ether oxygens (including phenoxy) is 1. The smallest absolute Gasteiger partial charge is 0.414 e. The summed E-state index contributed by atoms with van der Waals surface area (Å²) in [5.74, 6) is -0.314. The van der Waals surface area contributed by atoms with E-state index in [-0.39, 0.29) is 16.5 Å². The number of sulfone groups is 1. The van der Waals surface area contributed by atoms with E-state index >= 15 is 0 Å². The normalized spacial score (nSPS) is 12.1. The molecule has 112 valence electrons. The minimum Gasteiger partial charge on any atom is -0.504 e. The zero-order valence-electron chi connectivity index (χ0n) is 12.0. The number of amides is 1. The summed E-state index contributed by atoms with van der Waals surface area (Å²) in [4.78, 5) is 16.5. The van der Waals surface area contributed by atoms with Crippen molar-refractivity contribution in [3.8, 4) is 5.75 Å². The maximum Gasteiger partial charge on any atom is 0.414 e. The van der Waals surface area contributed by atoms with Crippen LogP contribution in [0.2, 0.25) is 0 Å². The molecule has 1 aromatic rings. The van der Waals surface area contributed by atoms with Crippen LogP contribution < -0.4 is 4.90 Å². The van der Waals surface area contributed by atoms with Gasteiger partial charge in [0.2, 0.25) is 0 Å². The summed E-state index contributed by atoms with van der Waals surface area (Å²) in [7, 11) is -2.17. The number of aromatic hydroxyl groups is 1. The topological polar surface area (TPSA) is 96.8 Å². The van der Waals surface area contributed by atoms with Gasteiger partial charge in [0.25, 0.3) is 0 Å². The molecule has 0 spiro atoms. The molecule has 1 amide bonds. The van der Waals surface area contributed by atoms with Crippen LogP contribution in [0.1, 0.15) is 20.8 Å². The fourth-order valence-corrected chi connectivity index (χ4v) is 1.89. The molecule has 0 bridgehead atoms. The number of anilines is 1. The van der Waals surface area contributed by atoms with Crippen molar-refractivity contribution in [1.29, 1.82) is 0 Å². The molecule has 1 heterocycles. The Morgan fingerprint density at radius 2 is 1.95 bits per heavy atom. The summed E-state index contributed by atoms with van der Waals surface area (Å²) in [6.45, 7) is 5.10. The number of nitrogens with zero attached hydrogens (tertiary/aromatic N) is 2. The molecule has 0 saturated carbocycles. The van der Waals surface area contributed by atoms with Crippen molar-refractivity contribution >= 4 is 21.6 Å². The third-order valence-electron chi connectivity index (χ3n) is 2.25. The number of aromatic nitrogens is 1. The molecule has 0 aliphatic carbocycles. The van der Waals surface area contributed by atoms with Crippen molar-refractivity contribution in [3.05, 3.63) is 12.3 Å². The molecule has 1 N–H and O–H groups in total. The molecule has 0 radical (unpaired) electrons. The lowest BCUT2D eigenvalue weighted by atomic mass is 10.2. The van der Waals surface area contributed by atoms with Crippen molar-refractivity contribution < 1.29 is 23.1 Å². The van der Waals surface area contributed by atoms with Gasteiger partial charge < -0.3 is 9.84 Å². The minimum atomic E-state index is -3.54. The molecule has 1 aromatic heterocycles. The van der Waals surface area contributed by atoms with E-state index in [9.17, 15) is 18.3 Å². The van der Waals surface area contributed by atoms with Crippen molar-refractivity contribution in [2.45, 2.75) is 31.4 Å². The van der Waals surface area contributed by atoms with Gasteiger partial charge in [0.05, 0.1) is 11.9 Å². The van der Waals surface area contributed by atoms with Crippen LogP contribution in [-0.2, 0) is 14.6 Å². The lowest BCUT2D eigenvalue weighted by Gasteiger charge is -2.25. The molecule has 0 aliphatic heterocycles. The number of hydrogen-bond donors (Lipinski definition) is 1. The van der Waals surface area contributed by atoms with Crippen LogP contribution in [0.4, 0.5) is 10.5 Å². The third-order valence-corrected chi connectivity index (χ3v) is 3.23. The first kappa shape index (κ1) is 16.2. The molecule has 0 saturated heterocycles. The van der Waals surface area contributed by atoms with Gasteiger partial charge in [0, 0.05) is 19.4 Å². The highest BCUT2D eigenvalue weighted by Gasteiger charge is 2.23. The second-order valence-corrected chi connectivity index (χ2v) is 7.29. The Hall–Kier alpha value is -1.83. The predicted octanol–water partition coefficient (Wildman–Crippen LogP) is 1.56. The molecule has 0 unspecified atom stereocenters. The fraction of sp³-hybridized carbons (Fsp3) is 0.500. The van der Waals surface area contributed by atoms with Crippen LogP contribution in [-0.4, -0.2) is 43.5 Å². The molecule has 0 atom stereocenters. The summed E-state index contributed by atoms with van der Waals surface area (Å²) >= 11 is 0. The van der Waals surface area contributed by atoms with Crippen LogP contribution in [0.5, 0.6) is 5.75 Å². The van der Waals surface area contributed by atoms with E-state index in [4.69, 9.17) is 4.74 Å². The molecule has 0 aromatic carbocycles. The lowest BCUT2D eigenvalue weighted by molar-refractivity contribution is 0.0588. The van der Waals surface area contributed by atoms with Gasteiger partial charge in [-0.2, -0.15) is 0 Å². The maximum atomic E-state index is 11.9. The highest BCUT2D eigenvalue weighted by atomic mass is 32.2. The second-order valence-electron chi connectivity index (χ2n) is 5.32. The van der Waals surface area contributed by atoms with E-state index in [0.29, 0.717) is 0 Å². The fourth-order valence-electron chi connectivity index (χ4n) is 1.32. The van der Waals surface area contributed by atoms with Gasteiger partial charge in [-0.15, -0.1) is 0 Å². The van der Waals surface area contributed by atoms with Gasteiger partial charge in [-0.05, 0) is 20.8 Å². The Kier molecular flexibility index (Phi) is 4.28. The molecular weight excluding hydrogens is 284 g/mol. The molecule has 8 heteroatoms. The SMILES string of the molecule is CN(C(=O)OC(C)(C)C)c1cc(S(C)(=O)=O)ncc1O. The van der Waals surface area contributed by atoms with E-state index in [1.54, 1.807) is 20.8 Å². The lowest BCUT2D eigenvalue weighted by Crippen LogP contribution is -2.34. The average Bonchev–Trinajstić information content (AvgIpc) is 2.24. The zero-order valence-corrected chi connectivity index (χ0v) is 12.9. The molecule has 7 nitrogen and oxygen atoms in total. The molecule has 20 heavy (non-hydrogen) atoms. The summed E-state index contributed by atoms with van der Waals surface area (Å²) in [6, 6.07) is 1.12. The van der Waals surface area contributed by atoms with Crippen LogP contribution in [0.15, 0.2) is 17.3 Å². The maximum absolute atomic E-state index is 11.9. The van der Waals surface area contributed by atoms with Gasteiger partial charge in [0.15, 0.2) is 20.6 Å². The van der Waals surface area contributed by atoms with Gasteiger partial charge in [-0.3, -0.25) is 4.90 Å². The molecular formula is C12H18N2O5S. The van der Waals surface area contributed by atoms with Crippen LogP contribution >= 0.6 is 0 Å². The van der Waals surface area contributed by atoms with Crippen LogP contribution in [0.3, 0.4) is 0 Å². The van der Waals surface area contributed by atoms with E-state index in [0.717, 1.165) is 23.4 Å². The number of carbonyl (C=O) groups excluding carboxylic acids is 1. The highest BCUT2D eigenvalue weighted by Crippen LogP contribution is 2.28. The van der Waals surface area contributed by atoms with E-state index < -0.39 is 21.5 Å². The summed E-state index contributed by atoms with van der Waals surface area (Å²) in [6.07, 6.45) is 1.26. The summed E-state index contributed by atoms with van der Waals surface area (Å²) in [5, 5.41) is 9.48. The largest absolute Gasteiger partial charge is 0.504 e. The van der Waals surface area contributed by atoms with Crippen molar-refractivity contribution in [1.82, 2.24) is 4.98 Å². The van der Waals surface area contributed by atoms with Crippen LogP contribution in [0.25, 0.3) is 0 Å². The number of hydrogen-bond acceptors (Lipinski definition) is 6. The molecule has 0 aliphatic rings. The Bertz CT molecular complexity index is 619. The van der Waals surface area contributed by atoms with Crippen molar-refractivity contribution in [2.75, 3.05) is 18.2 Å². The first-order valence-electron chi connectivity index (χ1n) is 5.77. The Balaban J connectivity index is 3.16. The Morgan fingerprint density at radius 3 is 2.40 bits per heavy atom. The van der Waals surface area contributed by atoms with Gasteiger partial charge in [-0.1, -0.05) is 0 Å². The zero-order chi connectivity index (χ0) is 15.7. The quantitative estimate of drug-likeness (QED) is 0.890. The second kappa shape index (κ2) is 5.28. The number of carbonyl (C=O) groups is 1. The minimum absolute atomic E-state index is 0.00896. The highest BCUT2D eigenvalue weighted by molar-refractivity contribution is 7.90. The third kappa shape index (κ3) is 4.09. The predicted molar refractivity (Wildman–Crippen MR) is 73.6 cm³/mol. The van der Waals surface area contributed by atoms with E-state index in [2.05, 4.69) is 4.98 Å². The average molecular weight is 302 g/mol. The first-order valence-corrected chi connectivity index (χ1v) is 7.67. The van der Waals surface area contributed by atoms with Crippen molar-refractivity contribution in [3.63, 3.8) is 0 Å². The standard InChI is InChI=1S/C12H18N2O5S/c1-12(2,3)19-11(16)14(4)8-6-10(20(5,17)18)13-7-9(8)15/h6-7,15H,1-5H3. The van der Waals surface area contributed by atoms with Gasteiger partial charge in [-0.25, -0.2) is 18.2 Å². The van der Waals surface area contributed by atoms with E-state index in [1.165, 1.54) is 7.05 Å². The monoisotopic (exact) mass is 302 g/mol. The van der Waals surface area contributed by atoms with Gasteiger partial charge >= 0.3 is 6.09 Å². The van der Waals surface area contributed by atoms with E-state index in [1.807, 2.05) is 0 Å². The summed E-state index contributed by atoms with van der Waals surface area (Å²) in [5.41, 5.74) is -0.692. The Labute approximate surface area is 118 Å². The Morgan fingerprint density at radius 1 is 1.40 bits per heavy atom. The summed E-state index contributed by atoms with van der Waals surface area (Å²) < 4.78 is 28.0. The van der Waals surface area contributed by atoms with Gasteiger partial charge in [0.1, 0.15) is 5.60 Å².